The number of aryl methyl sites for hydroxylation is 1. The molecule has 1 aromatic rings. The molecule has 0 bridgehead atoms. The molecule has 0 radical (unpaired) electrons. The summed E-state index contributed by atoms with van der Waals surface area (Å²) in [5.41, 5.74) is 1.62. The van der Waals surface area contributed by atoms with E-state index in [0.717, 1.165) is 50.9 Å². The topological polar surface area (TPSA) is 90.0 Å². The molecule has 0 spiro atoms. The minimum atomic E-state index is -0.822. The van der Waals surface area contributed by atoms with Gasteiger partial charge in [0, 0.05) is 38.3 Å². The van der Waals surface area contributed by atoms with Gasteiger partial charge in [0.1, 0.15) is 0 Å². The van der Waals surface area contributed by atoms with Gasteiger partial charge in [-0.05, 0) is 49.8 Å². The molecule has 2 heterocycles. The maximum Gasteiger partial charge on any atom is 0.320 e. The molecule has 2 N–H and O–H groups in total. The minimum Gasteiger partial charge on any atom is -0.481 e. The first-order chi connectivity index (χ1) is 13.0. The first kappa shape index (κ1) is 19.2. The molecular formula is C20H27N3O4. The Morgan fingerprint density at radius 1 is 1.00 bits per heavy atom. The van der Waals surface area contributed by atoms with Crippen LogP contribution >= 0.6 is 0 Å². The summed E-state index contributed by atoms with van der Waals surface area (Å²) < 4.78 is 0. The molecule has 0 aliphatic carbocycles. The summed E-state index contributed by atoms with van der Waals surface area (Å²) in [6, 6.07) is 7.33. The highest BCUT2D eigenvalue weighted by Gasteiger charge is 2.31. The third-order valence-electron chi connectivity index (χ3n) is 5.29. The number of aliphatic carboxylic acids is 1. The van der Waals surface area contributed by atoms with E-state index in [2.05, 4.69) is 5.32 Å². The van der Waals surface area contributed by atoms with Gasteiger partial charge in [-0.3, -0.25) is 9.59 Å². The Kier molecular flexibility index (Phi) is 6.32. The molecule has 2 aliphatic rings. The van der Waals surface area contributed by atoms with Crippen LogP contribution in [0.5, 0.6) is 0 Å². The monoisotopic (exact) mass is 373 g/mol. The number of nitrogens with zero attached hydrogens (tertiary/aromatic N) is 2. The lowest BCUT2D eigenvalue weighted by atomic mass is 9.97. The van der Waals surface area contributed by atoms with Crippen LogP contribution in [-0.4, -0.2) is 59.0 Å². The maximum atomic E-state index is 12.6. The number of rotatable bonds is 5. The van der Waals surface area contributed by atoms with Gasteiger partial charge < -0.3 is 20.2 Å². The zero-order valence-corrected chi connectivity index (χ0v) is 15.5. The Labute approximate surface area is 159 Å². The number of hydrogen-bond donors (Lipinski definition) is 2. The number of nitrogens with one attached hydrogen (secondary N) is 1. The van der Waals surface area contributed by atoms with Crippen LogP contribution in [0.1, 0.15) is 37.7 Å². The molecule has 3 rings (SSSR count). The lowest BCUT2D eigenvalue weighted by molar-refractivity contribution is -0.137. The number of carboxylic acids is 1. The van der Waals surface area contributed by atoms with Gasteiger partial charge in [0.25, 0.3) is 0 Å². The van der Waals surface area contributed by atoms with Gasteiger partial charge in [-0.25, -0.2) is 4.79 Å². The van der Waals surface area contributed by atoms with Crippen molar-refractivity contribution in [2.24, 2.45) is 5.92 Å². The molecule has 1 aromatic carbocycles. The third-order valence-corrected chi connectivity index (χ3v) is 5.29. The molecule has 2 saturated heterocycles. The van der Waals surface area contributed by atoms with Crippen molar-refractivity contribution in [3.8, 4) is 0 Å². The zero-order chi connectivity index (χ0) is 19.2. The predicted octanol–water partition coefficient (Wildman–Crippen LogP) is 2.57. The number of carbonyl (C=O) groups excluding carboxylic acids is 2. The summed E-state index contributed by atoms with van der Waals surface area (Å²) in [4.78, 5) is 39.5. The van der Waals surface area contributed by atoms with Crippen molar-refractivity contribution >= 4 is 23.6 Å². The van der Waals surface area contributed by atoms with Crippen LogP contribution in [0.2, 0.25) is 0 Å². The van der Waals surface area contributed by atoms with Crippen molar-refractivity contribution in [3.63, 3.8) is 0 Å². The Morgan fingerprint density at radius 2 is 1.67 bits per heavy atom. The van der Waals surface area contributed by atoms with Crippen LogP contribution in [0.3, 0.4) is 0 Å². The van der Waals surface area contributed by atoms with E-state index < -0.39 is 5.97 Å². The highest BCUT2D eigenvalue weighted by Crippen LogP contribution is 2.21. The van der Waals surface area contributed by atoms with Gasteiger partial charge in [0.05, 0.1) is 5.92 Å². The number of amides is 3. The van der Waals surface area contributed by atoms with Crippen molar-refractivity contribution in [1.29, 1.82) is 0 Å². The molecule has 7 nitrogen and oxygen atoms in total. The highest BCUT2D eigenvalue weighted by atomic mass is 16.4. The zero-order valence-electron chi connectivity index (χ0n) is 15.5. The Hall–Kier alpha value is -2.57. The number of hydrogen-bond acceptors (Lipinski definition) is 3. The fourth-order valence-corrected chi connectivity index (χ4v) is 3.72. The van der Waals surface area contributed by atoms with Crippen LogP contribution in [0.25, 0.3) is 0 Å². The number of urea groups is 1. The number of likely N-dealkylation sites (tertiary alicyclic amines) is 2. The van der Waals surface area contributed by atoms with Crippen LogP contribution in [0, 0.1) is 5.92 Å². The second kappa shape index (κ2) is 8.88. The van der Waals surface area contributed by atoms with Gasteiger partial charge in [-0.1, -0.05) is 12.1 Å². The first-order valence-corrected chi connectivity index (χ1v) is 9.68. The number of carbonyl (C=O) groups is 3. The van der Waals surface area contributed by atoms with Crippen molar-refractivity contribution in [2.45, 2.75) is 38.5 Å². The van der Waals surface area contributed by atoms with Crippen molar-refractivity contribution < 1.29 is 19.5 Å². The van der Waals surface area contributed by atoms with E-state index in [4.69, 9.17) is 5.11 Å². The largest absolute Gasteiger partial charge is 0.481 e. The quantitative estimate of drug-likeness (QED) is 0.830. The normalized spacial score (nSPS) is 19.8. The van der Waals surface area contributed by atoms with Crippen LogP contribution in [0.15, 0.2) is 24.3 Å². The Balaban J connectivity index is 1.52. The van der Waals surface area contributed by atoms with E-state index >= 15 is 0 Å². The van der Waals surface area contributed by atoms with Crippen molar-refractivity contribution in [2.75, 3.05) is 31.5 Å². The molecule has 0 saturated carbocycles. The molecule has 2 fully saturated rings. The van der Waals surface area contributed by atoms with Crippen LogP contribution < -0.4 is 5.32 Å². The SMILES string of the molecule is O=C(O)CCc1ccc(NC(=O)C2CCCN(C(=O)N3CCCC3)C2)cc1. The molecule has 1 atom stereocenters. The van der Waals surface area contributed by atoms with Gasteiger partial charge in [-0.2, -0.15) is 0 Å². The van der Waals surface area contributed by atoms with Crippen LogP contribution in [-0.2, 0) is 16.0 Å². The predicted molar refractivity (Wildman–Crippen MR) is 102 cm³/mol. The molecule has 0 aromatic heterocycles. The molecule has 7 heteroatoms. The average molecular weight is 373 g/mol. The fourth-order valence-electron chi connectivity index (χ4n) is 3.72. The second-order valence-electron chi connectivity index (χ2n) is 7.34. The molecular weight excluding hydrogens is 346 g/mol. The highest BCUT2D eigenvalue weighted by molar-refractivity contribution is 5.93. The number of carboxylic acid groups (broad SMARTS) is 1. The maximum absolute atomic E-state index is 12.6. The summed E-state index contributed by atoms with van der Waals surface area (Å²) in [6.07, 6.45) is 4.31. The molecule has 1 unspecified atom stereocenters. The third kappa shape index (κ3) is 5.21. The summed E-state index contributed by atoms with van der Waals surface area (Å²) >= 11 is 0. The van der Waals surface area contributed by atoms with Gasteiger partial charge in [0.15, 0.2) is 0 Å². The number of anilines is 1. The smallest absolute Gasteiger partial charge is 0.320 e. The van der Waals surface area contributed by atoms with E-state index in [1.54, 1.807) is 12.1 Å². The van der Waals surface area contributed by atoms with E-state index in [-0.39, 0.29) is 24.3 Å². The molecule has 146 valence electrons. The van der Waals surface area contributed by atoms with Crippen LogP contribution in [0.4, 0.5) is 10.5 Å². The minimum absolute atomic E-state index is 0.0628. The first-order valence-electron chi connectivity index (χ1n) is 9.68. The Bertz CT molecular complexity index is 683. The molecule has 3 amide bonds. The van der Waals surface area contributed by atoms with Crippen molar-refractivity contribution in [1.82, 2.24) is 9.80 Å². The summed E-state index contributed by atoms with van der Waals surface area (Å²) in [5.74, 6) is -1.08. The molecule has 27 heavy (non-hydrogen) atoms. The number of piperidine rings is 1. The Morgan fingerprint density at radius 3 is 2.33 bits per heavy atom. The average Bonchev–Trinajstić information content (AvgIpc) is 3.21. The van der Waals surface area contributed by atoms with E-state index in [1.807, 2.05) is 21.9 Å². The summed E-state index contributed by atoms with van der Waals surface area (Å²) in [7, 11) is 0. The van der Waals surface area contributed by atoms with E-state index in [9.17, 15) is 14.4 Å². The van der Waals surface area contributed by atoms with Gasteiger partial charge in [-0.15, -0.1) is 0 Å². The van der Waals surface area contributed by atoms with E-state index in [1.165, 1.54) is 0 Å². The lowest BCUT2D eigenvalue weighted by Gasteiger charge is -2.34. The van der Waals surface area contributed by atoms with Gasteiger partial charge >= 0.3 is 12.0 Å². The number of benzene rings is 1. The lowest BCUT2D eigenvalue weighted by Crippen LogP contribution is -2.48. The molecule has 2 aliphatic heterocycles. The second-order valence-corrected chi connectivity index (χ2v) is 7.34. The summed E-state index contributed by atoms with van der Waals surface area (Å²) in [6.45, 7) is 2.83. The standard InChI is InChI=1S/C20H27N3O4/c24-18(25)10-7-15-5-8-17(9-6-15)21-19(26)16-4-3-13-23(14-16)20(27)22-11-1-2-12-22/h5-6,8-9,16H,1-4,7,10-14H2,(H,21,26)(H,24,25). The summed E-state index contributed by atoms with van der Waals surface area (Å²) in [5, 5.41) is 11.7. The fraction of sp³-hybridized carbons (Fsp3) is 0.550. The van der Waals surface area contributed by atoms with E-state index in [0.29, 0.717) is 18.7 Å². The van der Waals surface area contributed by atoms with Gasteiger partial charge in [0.2, 0.25) is 5.91 Å². The van der Waals surface area contributed by atoms with Crippen molar-refractivity contribution in [3.05, 3.63) is 29.8 Å².